The Labute approximate surface area is 97.2 Å². The summed E-state index contributed by atoms with van der Waals surface area (Å²) in [5.41, 5.74) is 4.90. The maximum atomic E-state index is 10.9. The second-order valence-electron chi connectivity index (χ2n) is 4.11. The van der Waals surface area contributed by atoms with Crippen LogP contribution < -0.4 is 0 Å². The summed E-state index contributed by atoms with van der Waals surface area (Å²) < 4.78 is 0. The minimum atomic E-state index is -0.825. The van der Waals surface area contributed by atoms with Crippen molar-refractivity contribution in [1.29, 1.82) is 0 Å². The molecule has 3 heteroatoms. The summed E-state index contributed by atoms with van der Waals surface area (Å²) >= 11 is 1.38. The Morgan fingerprint density at radius 3 is 2.88 bits per heavy atom. The van der Waals surface area contributed by atoms with E-state index in [-0.39, 0.29) is 0 Å². The van der Waals surface area contributed by atoms with Crippen LogP contribution in [0, 0.1) is 6.92 Å². The molecule has 1 aliphatic rings. The van der Waals surface area contributed by atoms with E-state index in [9.17, 15) is 4.79 Å². The van der Waals surface area contributed by atoms with Crippen LogP contribution in [0.4, 0.5) is 0 Å². The Hall–Kier alpha value is -1.61. The van der Waals surface area contributed by atoms with E-state index >= 15 is 0 Å². The summed E-state index contributed by atoms with van der Waals surface area (Å²) in [6.45, 7) is 2.06. The van der Waals surface area contributed by atoms with Gasteiger partial charge >= 0.3 is 5.97 Å². The quantitative estimate of drug-likeness (QED) is 0.696. The third-order valence-corrected chi connectivity index (χ3v) is 4.11. The highest BCUT2D eigenvalue weighted by Crippen LogP contribution is 2.42. The van der Waals surface area contributed by atoms with Gasteiger partial charge in [0, 0.05) is 4.88 Å². The number of aromatic carboxylic acids is 1. The van der Waals surface area contributed by atoms with Crippen molar-refractivity contribution < 1.29 is 9.90 Å². The van der Waals surface area contributed by atoms with Gasteiger partial charge in [-0.3, -0.25) is 0 Å². The van der Waals surface area contributed by atoms with Crippen molar-refractivity contribution in [3.05, 3.63) is 45.8 Å². The van der Waals surface area contributed by atoms with Crippen LogP contribution in [0.5, 0.6) is 0 Å². The van der Waals surface area contributed by atoms with Crippen LogP contribution in [-0.4, -0.2) is 11.1 Å². The summed E-state index contributed by atoms with van der Waals surface area (Å²) in [6, 6.07) is 8.19. The van der Waals surface area contributed by atoms with Crippen molar-refractivity contribution in [3.8, 4) is 10.4 Å². The number of carbonyl (C=O) groups is 1. The highest BCUT2D eigenvalue weighted by Gasteiger charge is 2.23. The van der Waals surface area contributed by atoms with E-state index in [2.05, 4.69) is 25.1 Å². The molecule has 16 heavy (non-hydrogen) atoms. The van der Waals surface area contributed by atoms with Gasteiger partial charge in [0.05, 0.1) is 0 Å². The standard InChI is InChI=1S/C13H10O2S/c1-7-2-3-8-5-9-6-11(13(14)15)16-12(9)10(8)4-7/h2-4,6H,5H2,1H3,(H,14,15). The summed E-state index contributed by atoms with van der Waals surface area (Å²) in [5.74, 6) is -0.825. The Bertz CT molecular complexity index is 596. The maximum Gasteiger partial charge on any atom is 0.345 e. The molecule has 0 unspecified atom stereocenters. The molecule has 1 heterocycles. The SMILES string of the molecule is Cc1ccc2c(c1)-c1sc(C(=O)O)cc1C2. The van der Waals surface area contributed by atoms with Gasteiger partial charge in [0.25, 0.3) is 0 Å². The first kappa shape index (κ1) is 9.60. The predicted octanol–water partition coefficient (Wildman–Crippen LogP) is 3.33. The topological polar surface area (TPSA) is 37.3 Å². The van der Waals surface area contributed by atoms with E-state index in [1.54, 1.807) is 6.07 Å². The number of carboxylic acids is 1. The van der Waals surface area contributed by atoms with Crippen LogP contribution in [0.15, 0.2) is 24.3 Å². The number of thiophene rings is 1. The first-order valence-electron chi connectivity index (χ1n) is 5.11. The molecule has 1 aliphatic carbocycles. The summed E-state index contributed by atoms with van der Waals surface area (Å²) in [4.78, 5) is 12.5. The molecule has 1 aromatic carbocycles. The molecule has 0 aliphatic heterocycles. The average molecular weight is 230 g/mol. The number of hydrogen-bond donors (Lipinski definition) is 1. The number of benzene rings is 1. The van der Waals surface area contributed by atoms with Gasteiger partial charge < -0.3 is 5.11 Å². The molecule has 3 rings (SSSR count). The van der Waals surface area contributed by atoms with Gasteiger partial charge in [-0.05, 0) is 36.1 Å². The third-order valence-electron chi connectivity index (χ3n) is 2.91. The first-order chi connectivity index (χ1) is 7.65. The highest BCUT2D eigenvalue weighted by atomic mass is 32.1. The van der Waals surface area contributed by atoms with Crippen LogP contribution in [-0.2, 0) is 6.42 Å². The van der Waals surface area contributed by atoms with Crippen LogP contribution in [0.3, 0.4) is 0 Å². The minimum Gasteiger partial charge on any atom is -0.477 e. The fourth-order valence-electron chi connectivity index (χ4n) is 2.15. The van der Waals surface area contributed by atoms with Gasteiger partial charge in [-0.2, -0.15) is 0 Å². The molecule has 0 fully saturated rings. The second-order valence-corrected chi connectivity index (χ2v) is 5.16. The van der Waals surface area contributed by atoms with Gasteiger partial charge in [-0.1, -0.05) is 23.8 Å². The molecule has 0 atom stereocenters. The zero-order valence-corrected chi connectivity index (χ0v) is 9.60. The molecule has 0 bridgehead atoms. The van der Waals surface area contributed by atoms with Crippen molar-refractivity contribution in [2.24, 2.45) is 0 Å². The molecular formula is C13H10O2S. The van der Waals surface area contributed by atoms with Crippen molar-refractivity contribution >= 4 is 17.3 Å². The minimum absolute atomic E-state index is 0.442. The van der Waals surface area contributed by atoms with Crippen LogP contribution in [0.2, 0.25) is 0 Å². The van der Waals surface area contributed by atoms with Crippen molar-refractivity contribution in [3.63, 3.8) is 0 Å². The van der Waals surface area contributed by atoms with Gasteiger partial charge in [-0.15, -0.1) is 11.3 Å². The molecule has 2 aromatic rings. The molecule has 1 N–H and O–H groups in total. The molecule has 80 valence electrons. The van der Waals surface area contributed by atoms with Crippen LogP contribution in [0.25, 0.3) is 10.4 Å². The van der Waals surface area contributed by atoms with Crippen LogP contribution in [0.1, 0.15) is 26.4 Å². The monoisotopic (exact) mass is 230 g/mol. The lowest BCUT2D eigenvalue weighted by molar-refractivity contribution is 0.0702. The zero-order chi connectivity index (χ0) is 11.3. The van der Waals surface area contributed by atoms with E-state index in [0.29, 0.717) is 4.88 Å². The van der Waals surface area contributed by atoms with Crippen molar-refractivity contribution in [1.82, 2.24) is 0 Å². The van der Waals surface area contributed by atoms with Crippen LogP contribution >= 0.6 is 11.3 Å². The van der Waals surface area contributed by atoms with E-state index in [0.717, 1.165) is 16.9 Å². The third kappa shape index (κ3) is 1.28. The number of hydrogen-bond acceptors (Lipinski definition) is 2. The van der Waals surface area contributed by atoms with Crippen molar-refractivity contribution in [2.45, 2.75) is 13.3 Å². The van der Waals surface area contributed by atoms with E-state index < -0.39 is 5.97 Å². The second kappa shape index (κ2) is 3.19. The fraction of sp³-hybridized carbons (Fsp3) is 0.154. The van der Waals surface area contributed by atoms with E-state index in [4.69, 9.17) is 5.11 Å². The lowest BCUT2D eigenvalue weighted by Gasteiger charge is -2.00. The van der Waals surface area contributed by atoms with Gasteiger partial charge in [0.15, 0.2) is 0 Å². The number of fused-ring (bicyclic) bond motifs is 3. The molecule has 0 spiro atoms. The average Bonchev–Trinajstić information content (AvgIpc) is 2.75. The summed E-state index contributed by atoms with van der Waals surface area (Å²) in [7, 11) is 0. The molecule has 0 saturated carbocycles. The van der Waals surface area contributed by atoms with Crippen molar-refractivity contribution in [2.75, 3.05) is 0 Å². The van der Waals surface area contributed by atoms with Gasteiger partial charge in [-0.25, -0.2) is 4.79 Å². The zero-order valence-electron chi connectivity index (χ0n) is 8.78. The molecule has 1 aromatic heterocycles. The normalized spacial score (nSPS) is 12.3. The smallest absolute Gasteiger partial charge is 0.345 e. The Morgan fingerprint density at radius 1 is 1.31 bits per heavy atom. The molecule has 0 radical (unpaired) electrons. The van der Waals surface area contributed by atoms with E-state index in [1.807, 2.05) is 0 Å². The fourth-order valence-corrected chi connectivity index (χ4v) is 3.22. The Balaban J connectivity index is 2.19. The Morgan fingerprint density at radius 2 is 2.12 bits per heavy atom. The number of aryl methyl sites for hydroxylation is 1. The first-order valence-corrected chi connectivity index (χ1v) is 5.92. The highest BCUT2D eigenvalue weighted by molar-refractivity contribution is 7.17. The van der Waals surface area contributed by atoms with Gasteiger partial charge in [0.2, 0.25) is 0 Å². The molecule has 2 nitrogen and oxygen atoms in total. The summed E-state index contributed by atoms with van der Waals surface area (Å²) in [6.07, 6.45) is 0.870. The van der Waals surface area contributed by atoms with E-state index in [1.165, 1.54) is 28.0 Å². The molecule has 0 saturated heterocycles. The molecular weight excluding hydrogens is 220 g/mol. The summed E-state index contributed by atoms with van der Waals surface area (Å²) in [5, 5.41) is 8.96. The lowest BCUT2D eigenvalue weighted by atomic mass is 10.1. The lowest BCUT2D eigenvalue weighted by Crippen LogP contribution is -1.91. The maximum absolute atomic E-state index is 10.9. The predicted molar refractivity (Wildman–Crippen MR) is 64.3 cm³/mol. The van der Waals surface area contributed by atoms with Gasteiger partial charge in [0.1, 0.15) is 4.88 Å². The number of carboxylic acid groups (broad SMARTS) is 1. The number of rotatable bonds is 1. The molecule has 0 amide bonds. The Kier molecular flexibility index (Phi) is 1.91. The largest absolute Gasteiger partial charge is 0.477 e.